The number of carboxylic acid groups (broad SMARTS) is 1. The molecule has 1 aromatic rings. The van der Waals surface area contributed by atoms with Crippen molar-refractivity contribution in [1.29, 1.82) is 0 Å². The highest BCUT2D eigenvalue weighted by Crippen LogP contribution is 2.24. The number of amides is 2. The Hall–Kier alpha value is -2.19. The van der Waals surface area contributed by atoms with Gasteiger partial charge in [0.1, 0.15) is 5.70 Å². The van der Waals surface area contributed by atoms with Crippen LogP contribution in [0.1, 0.15) is 10.4 Å². The zero-order valence-corrected chi connectivity index (χ0v) is 12.3. The first-order valence-corrected chi connectivity index (χ1v) is 6.71. The fourth-order valence-corrected chi connectivity index (χ4v) is 2.38. The number of rotatable bonds is 5. The van der Waals surface area contributed by atoms with Crippen LogP contribution in [0.15, 0.2) is 34.4 Å². The highest BCUT2D eigenvalue weighted by atomic mass is 79.9. The highest BCUT2D eigenvalue weighted by Gasteiger charge is 2.30. The third-order valence-electron chi connectivity index (χ3n) is 2.81. The summed E-state index contributed by atoms with van der Waals surface area (Å²) < 4.78 is 0.351. The van der Waals surface area contributed by atoms with E-state index in [0.29, 0.717) is 10.2 Å². The van der Waals surface area contributed by atoms with Gasteiger partial charge in [0.2, 0.25) is 0 Å². The summed E-state index contributed by atoms with van der Waals surface area (Å²) in [6.45, 7) is -0.377. The molecule has 0 saturated carbocycles. The molecule has 2 amide bonds. The van der Waals surface area contributed by atoms with Crippen LogP contribution in [0, 0.1) is 0 Å². The summed E-state index contributed by atoms with van der Waals surface area (Å²) in [6, 6.07) is 4.36. The maximum absolute atomic E-state index is 11.9. The van der Waals surface area contributed by atoms with Gasteiger partial charge >= 0.3 is 5.97 Å². The number of carboxylic acids is 1. The average Bonchev–Trinajstić information content (AvgIpc) is 2.66. The van der Waals surface area contributed by atoms with Gasteiger partial charge in [-0.2, -0.15) is 0 Å². The molecular formula is C13H11BrN2O5. The number of hydrogen-bond acceptors (Lipinski definition) is 5. The van der Waals surface area contributed by atoms with Crippen LogP contribution in [0.2, 0.25) is 0 Å². The molecule has 1 heterocycles. The summed E-state index contributed by atoms with van der Waals surface area (Å²) >= 11 is 3.13. The van der Waals surface area contributed by atoms with Gasteiger partial charge in [-0.15, -0.1) is 0 Å². The van der Waals surface area contributed by atoms with Gasteiger partial charge in [-0.05, 0) is 34.1 Å². The molecule has 0 fully saturated rings. The number of benzene rings is 1. The largest absolute Gasteiger partial charge is 0.478 e. The predicted octanol–water partition coefficient (Wildman–Crippen LogP) is 0.804. The minimum Gasteiger partial charge on any atom is -0.478 e. The van der Waals surface area contributed by atoms with Crippen molar-refractivity contribution >= 4 is 39.4 Å². The van der Waals surface area contributed by atoms with Crippen LogP contribution >= 0.6 is 15.9 Å². The number of halogens is 1. The smallest absolute Gasteiger partial charge is 0.336 e. The lowest BCUT2D eigenvalue weighted by molar-refractivity contribution is -0.137. The van der Waals surface area contributed by atoms with E-state index in [1.54, 1.807) is 0 Å². The molecule has 2 rings (SSSR count). The van der Waals surface area contributed by atoms with Crippen LogP contribution in [0.4, 0.5) is 5.69 Å². The Labute approximate surface area is 128 Å². The molecule has 0 aromatic heterocycles. The SMILES string of the molecule is O=C(O)c1ccc(NC2=CC(=O)N(CCO)C2=O)cc1Br. The lowest BCUT2D eigenvalue weighted by atomic mass is 10.2. The van der Waals surface area contributed by atoms with Crippen LogP contribution in [0.3, 0.4) is 0 Å². The number of anilines is 1. The number of aromatic carboxylic acids is 1. The van der Waals surface area contributed by atoms with E-state index in [1.165, 1.54) is 18.2 Å². The van der Waals surface area contributed by atoms with E-state index < -0.39 is 17.8 Å². The van der Waals surface area contributed by atoms with E-state index in [2.05, 4.69) is 21.2 Å². The number of carbonyl (C=O) groups excluding carboxylic acids is 2. The topological polar surface area (TPSA) is 107 Å². The summed E-state index contributed by atoms with van der Waals surface area (Å²) in [5, 5.41) is 20.5. The maximum Gasteiger partial charge on any atom is 0.336 e. The molecule has 1 aliphatic rings. The Bertz CT molecular complexity index is 656. The lowest BCUT2D eigenvalue weighted by Crippen LogP contribution is -2.34. The van der Waals surface area contributed by atoms with Crippen molar-refractivity contribution in [3.63, 3.8) is 0 Å². The number of aliphatic hydroxyl groups is 1. The van der Waals surface area contributed by atoms with E-state index >= 15 is 0 Å². The van der Waals surface area contributed by atoms with Crippen molar-refractivity contribution in [2.24, 2.45) is 0 Å². The molecule has 0 radical (unpaired) electrons. The van der Waals surface area contributed by atoms with Crippen LogP contribution in [-0.4, -0.2) is 46.0 Å². The van der Waals surface area contributed by atoms with Crippen molar-refractivity contribution in [3.8, 4) is 0 Å². The van der Waals surface area contributed by atoms with Gasteiger partial charge in [-0.25, -0.2) is 4.79 Å². The molecule has 0 unspecified atom stereocenters. The summed E-state index contributed by atoms with van der Waals surface area (Å²) in [6.07, 6.45) is 1.14. The van der Waals surface area contributed by atoms with Crippen molar-refractivity contribution in [2.45, 2.75) is 0 Å². The third kappa shape index (κ3) is 3.11. The first-order valence-electron chi connectivity index (χ1n) is 5.92. The number of aliphatic hydroxyl groups excluding tert-OH is 1. The molecule has 0 aliphatic carbocycles. The number of nitrogens with zero attached hydrogens (tertiary/aromatic N) is 1. The zero-order chi connectivity index (χ0) is 15.6. The second-order valence-corrected chi connectivity index (χ2v) is 5.06. The maximum atomic E-state index is 11.9. The molecule has 0 atom stereocenters. The molecule has 0 bridgehead atoms. The molecule has 3 N–H and O–H groups in total. The van der Waals surface area contributed by atoms with Gasteiger partial charge in [-0.3, -0.25) is 14.5 Å². The minimum absolute atomic E-state index is 0.0685. The average molecular weight is 355 g/mol. The van der Waals surface area contributed by atoms with E-state index in [1.807, 2.05) is 0 Å². The lowest BCUT2D eigenvalue weighted by Gasteiger charge is -2.13. The van der Waals surface area contributed by atoms with Crippen LogP contribution in [0.25, 0.3) is 0 Å². The molecule has 21 heavy (non-hydrogen) atoms. The molecule has 7 nitrogen and oxygen atoms in total. The monoisotopic (exact) mass is 354 g/mol. The Morgan fingerprint density at radius 1 is 1.33 bits per heavy atom. The molecule has 1 aliphatic heterocycles. The van der Waals surface area contributed by atoms with Crippen LogP contribution in [-0.2, 0) is 9.59 Å². The van der Waals surface area contributed by atoms with Crippen LogP contribution in [0.5, 0.6) is 0 Å². The number of nitrogens with one attached hydrogen (secondary N) is 1. The van der Waals surface area contributed by atoms with Crippen molar-refractivity contribution in [1.82, 2.24) is 4.90 Å². The Kier molecular flexibility index (Phi) is 4.39. The van der Waals surface area contributed by atoms with E-state index in [9.17, 15) is 14.4 Å². The summed E-state index contributed by atoms with van der Waals surface area (Å²) in [5.41, 5.74) is 0.624. The fraction of sp³-hybridized carbons (Fsp3) is 0.154. The molecule has 0 spiro atoms. The molecule has 1 aromatic carbocycles. The number of hydrogen-bond donors (Lipinski definition) is 3. The number of imide groups is 1. The van der Waals surface area contributed by atoms with Gasteiger partial charge in [0.15, 0.2) is 0 Å². The Morgan fingerprint density at radius 2 is 2.05 bits per heavy atom. The predicted molar refractivity (Wildman–Crippen MR) is 76.6 cm³/mol. The molecule has 110 valence electrons. The third-order valence-corrected chi connectivity index (χ3v) is 3.47. The standard InChI is InChI=1S/C13H11BrN2O5/c14-9-5-7(1-2-8(9)13(20)21)15-10-6-11(18)16(3-4-17)12(10)19/h1-2,5-6,15,17H,3-4H2,(H,20,21). The number of β-amino-alcohol motifs (C(OH)–C–C–N with tert-alkyl or cyclic N) is 1. The zero-order valence-electron chi connectivity index (χ0n) is 10.7. The van der Waals surface area contributed by atoms with E-state index in [4.69, 9.17) is 10.2 Å². The van der Waals surface area contributed by atoms with Crippen molar-refractivity contribution in [2.75, 3.05) is 18.5 Å². The second kappa shape index (κ2) is 6.06. The Balaban J connectivity index is 2.18. The fourth-order valence-electron chi connectivity index (χ4n) is 1.83. The first-order chi connectivity index (χ1) is 9.93. The summed E-state index contributed by atoms with van der Waals surface area (Å²) in [4.78, 5) is 35.3. The molecular weight excluding hydrogens is 344 g/mol. The Morgan fingerprint density at radius 3 is 2.62 bits per heavy atom. The normalized spacial score (nSPS) is 14.4. The van der Waals surface area contributed by atoms with E-state index in [0.717, 1.165) is 11.0 Å². The quantitative estimate of drug-likeness (QED) is 0.675. The van der Waals surface area contributed by atoms with Gasteiger partial charge < -0.3 is 15.5 Å². The van der Waals surface area contributed by atoms with Crippen molar-refractivity contribution < 1.29 is 24.6 Å². The first kappa shape index (κ1) is 15.2. The van der Waals surface area contributed by atoms with Crippen molar-refractivity contribution in [3.05, 3.63) is 40.0 Å². The summed E-state index contributed by atoms with van der Waals surface area (Å²) in [7, 11) is 0. The highest BCUT2D eigenvalue weighted by molar-refractivity contribution is 9.10. The van der Waals surface area contributed by atoms with Crippen LogP contribution < -0.4 is 5.32 Å². The molecule has 0 saturated heterocycles. The van der Waals surface area contributed by atoms with Gasteiger partial charge in [0.25, 0.3) is 11.8 Å². The number of carbonyl (C=O) groups is 3. The molecule has 8 heteroatoms. The van der Waals surface area contributed by atoms with Gasteiger partial charge in [0, 0.05) is 16.2 Å². The van der Waals surface area contributed by atoms with Gasteiger partial charge in [-0.1, -0.05) is 0 Å². The second-order valence-electron chi connectivity index (χ2n) is 4.20. The van der Waals surface area contributed by atoms with Gasteiger partial charge in [0.05, 0.1) is 18.7 Å². The summed E-state index contributed by atoms with van der Waals surface area (Å²) in [5.74, 6) is -2.11. The van der Waals surface area contributed by atoms with E-state index in [-0.39, 0.29) is 24.4 Å². The minimum atomic E-state index is -1.08.